The third-order valence-corrected chi connectivity index (χ3v) is 6.95. The van der Waals surface area contributed by atoms with Crippen molar-refractivity contribution in [3.8, 4) is 5.69 Å². The smallest absolute Gasteiger partial charge is 0.230 e. The molecule has 0 spiro atoms. The van der Waals surface area contributed by atoms with E-state index in [1.807, 2.05) is 49.4 Å². The van der Waals surface area contributed by atoms with E-state index < -0.39 is 5.92 Å². The summed E-state index contributed by atoms with van der Waals surface area (Å²) >= 11 is 7.95. The predicted octanol–water partition coefficient (Wildman–Crippen LogP) is 4.57. The van der Waals surface area contributed by atoms with E-state index in [0.717, 1.165) is 39.7 Å². The Labute approximate surface area is 189 Å². The van der Waals surface area contributed by atoms with Crippen LogP contribution in [0, 0.1) is 12.8 Å². The fourth-order valence-electron chi connectivity index (χ4n) is 4.14. The zero-order chi connectivity index (χ0) is 21.5. The number of carbonyl (C=O) groups is 2. The van der Waals surface area contributed by atoms with E-state index in [9.17, 15) is 9.59 Å². The van der Waals surface area contributed by atoms with Crippen molar-refractivity contribution in [3.05, 3.63) is 70.4 Å². The normalized spacial score (nSPS) is 17.8. The molecular weight excluding hydrogens is 432 g/mol. The predicted molar refractivity (Wildman–Crippen MR) is 124 cm³/mol. The lowest BCUT2D eigenvalue weighted by Crippen LogP contribution is -2.29. The molecule has 3 heterocycles. The molecule has 1 unspecified atom stereocenters. The van der Waals surface area contributed by atoms with E-state index >= 15 is 0 Å². The van der Waals surface area contributed by atoms with E-state index in [1.165, 1.54) is 0 Å². The van der Waals surface area contributed by atoms with Gasteiger partial charge >= 0.3 is 0 Å². The van der Waals surface area contributed by atoms with E-state index in [-0.39, 0.29) is 18.2 Å². The van der Waals surface area contributed by atoms with Crippen molar-refractivity contribution in [2.24, 2.45) is 5.92 Å². The molecule has 3 aromatic rings. The Morgan fingerprint density at radius 3 is 2.84 bits per heavy atom. The zero-order valence-electron chi connectivity index (χ0n) is 17.0. The summed E-state index contributed by atoms with van der Waals surface area (Å²) in [4.78, 5) is 27.6. The van der Waals surface area contributed by atoms with Gasteiger partial charge in [-0.15, -0.1) is 0 Å². The van der Waals surface area contributed by atoms with Crippen molar-refractivity contribution in [1.82, 2.24) is 9.78 Å². The first-order valence-corrected chi connectivity index (χ1v) is 11.7. The molecular formula is C23H21ClN4O2S. The molecule has 1 fully saturated rings. The number of amides is 2. The highest BCUT2D eigenvalue weighted by Crippen LogP contribution is 2.37. The fraction of sp³-hybridized carbons (Fsp3) is 0.261. The zero-order valence-corrected chi connectivity index (χ0v) is 18.5. The van der Waals surface area contributed by atoms with E-state index in [0.29, 0.717) is 17.4 Å². The van der Waals surface area contributed by atoms with Gasteiger partial charge in [0.1, 0.15) is 5.82 Å². The van der Waals surface area contributed by atoms with Crippen LogP contribution in [-0.4, -0.2) is 28.1 Å². The Bertz CT molecular complexity index is 1190. The minimum atomic E-state index is -0.417. The number of benzene rings is 2. The van der Waals surface area contributed by atoms with Crippen LogP contribution in [0.25, 0.3) is 5.69 Å². The molecule has 1 N–H and O–H groups in total. The first kappa shape index (κ1) is 20.2. The molecule has 2 aliphatic rings. The van der Waals surface area contributed by atoms with E-state index in [2.05, 4.69) is 5.32 Å². The van der Waals surface area contributed by atoms with Crippen LogP contribution in [0.3, 0.4) is 0 Å². The first-order chi connectivity index (χ1) is 15.0. The SMILES string of the molecule is Cc1ccccc1N1CC(C(=O)Nc2c3c(nn2-c2cccc(Cl)c2)CSC3)CC1=O. The van der Waals surface area contributed by atoms with Crippen molar-refractivity contribution in [2.75, 3.05) is 16.8 Å². The summed E-state index contributed by atoms with van der Waals surface area (Å²) in [5, 5.41) is 8.41. The van der Waals surface area contributed by atoms with Crippen LogP contribution in [0.5, 0.6) is 0 Å². The molecule has 5 rings (SSSR count). The molecule has 31 heavy (non-hydrogen) atoms. The summed E-state index contributed by atoms with van der Waals surface area (Å²) in [5.41, 5.74) is 4.70. The second-order valence-corrected chi connectivity index (χ2v) is 9.26. The molecule has 2 aromatic carbocycles. The van der Waals surface area contributed by atoms with Gasteiger partial charge in [0.05, 0.1) is 17.3 Å². The molecule has 1 atom stereocenters. The van der Waals surface area contributed by atoms with Gasteiger partial charge in [0, 0.05) is 40.7 Å². The molecule has 2 amide bonds. The maximum Gasteiger partial charge on any atom is 0.230 e. The topological polar surface area (TPSA) is 67.2 Å². The van der Waals surface area contributed by atoms with E-state index in [1.54, 1.807) is 27.4 Å². The third-order valence-electron chi connectivity index (χ3n) is 5.75. The molecule has 0 bridgehead atoms. The largest absolute Gasteiger partial charge is 0.311 e. The summed E-state index contributed by atoms with van der Waals surface area (Å²) in [7, 11) is 0. The van der Waals surface area contributed by atoms with Crippen LogP contribution < -0.4 is 10.2 Å². The molecule has 0 saturated carbocycles. The summed E-state index contributed by atoms with van der Waals surface area (Å²) in [6.07, 6.45) is 0.197. The van der Waals surface area contributed by atoms with Gasteiger partial charge in [-0.25, -0.2) is 4.68 Å². The van der Waals surface area contributed by atoms with Crippen LogP contribution >= 0.6 is 23.4 Å². The Morgan fingerprint density at radius 2 is 2.03 bits per heavy atom. The van der Waals surface area contributed by atoms with E-state index in [4.69, 9.17) is 16.7 Å². The number of aromatic nitrogens is 2. The number of nitrogens with one attached hydrogen (secondary N) is 1. The van der Waals surface area contributed by atoms with Crippen LogP contribution in [0.4, 0.5) is 11.5 Å². The number of halogens is 1. The van der Waals surface area contributed by atoms with Gasteiger partial charge in [-0.05, 0) is 36.8 Å². The first-order valence-electron chi connectivity index (χ1n) is 10.1. The second kappa shape index (κ2) is 8.05. The maximum absolute atomic E-state index is 13.2. The van der Waals surface area contributed by atoms with Crippen LogP contribution in [0.1, 0.15) is 23.2 Å². The number of aryl methyl sites for hydroxylation is 1. The van der Waals surface area contributed by atoms with Crippen molar-refractivity contribution < 1.29 is 9.59 Å². The van der Waals surface area contributed by atoms with Crippen molar-refractivity contribution in [3.63, 3.8) is 0 Å². The lowest BCUT2D eigenvalue weighted by molar-refractivity contribution is -0.122. The van der Waals surface area contributed by atoms with Gasteiger partial charge in [-0.1, -0.05) is 35.9 Å². The molecule has 8 heteroatoms. The highest BCUT2D eigenvalue weighted by atomic mass is 35.5. The molecule has 6 nitrogen and oxygen atoms in total. The highest BCUT2D eigenvalue weighted by Gasteiger charge is 2.36. The molecule has 0 aliphatic carbocycles. The van der Waals surface area contributed by atoms with Crippen LogP contribution in [-0.2, 0) is 21.1 Å². The van der Waals surface area contributed by atoms with Crippen molar-refractivity contribution >= 4 is 46.7 Å². The van der Waals surface area contributed by atoms with Gasteiger partial charge < -0.3 is 10.2 Å². The Morgan fingerprint density at radius 1 is 1.19 bits per heavy atom. The van der Waals surface area contributed by atoms with Crippen molar-refractivity contribution in [2.45, 2.75) is 24.9 Å². The standard InChI is InChI=1S/C23H21ClN4O2S/c1-14-5-2-3-8-20(14)27-11-15(9-21(27)29)23(30)25-22-18-12-31-13-19(18)26-28(22)17-7-4-6-16(24)10-17/h2-8,10,15H,9,11-13H2,1H3,(H,25,30). The second-order valence-electron chi connectivity index (χ2n) is 7.84. The maximum atomic E-state index is 13.2. The van der Waals surface area contributed by atoms with Gasteiger partial charge in [0.15, 0.2) is 0 Å². The Hall–Kier alpha value is -2.77. The third kappa shape index (κ3) is 3.72. The number of hydrogen-bond acceptors (Lipinski definition) is 4. The quantitative estimate of drug-likeness (QED) is 0.629. The minimum absolute atomic E-state index is 0.0291. The number of nitrogens with zero attached hydrogens (tertiary/aromatic N) is 3. The molecule has 2 aliphatic heterocycles. The number of para-hydroxylation sites is 1. The summed E-state index contributed by atoms with van der Waals surface area (Å²) in [6.45, 7) is 2.35. The molecule has 1 saturated heterocycles. The van der Waals surface area contributed by atoms with Crippen LogP contribution in [0.15, 0.2) is 48.5 Å². The monoisotopic (exact) mass is 452 g/mol. The van der Waals surface area contributed by atoms with Gasteiger partial charge in [-0.2, -0.15) is 16.9 Å². The number of anilines is 2. The lowest BCUT2D eigenvalue weighted by atomic mass is 10.1. The summed E-state index contributed by atoms with van der Waals surface area (Å²) < 4.78 is 1.75. The Kier molecular flexibility index (Phi) is 5.24. The highest BCUT2D eigenvalue weighted by molar-refractivity contribution is 7.98. The number of fused-ring (bicyclic) bond motifs is 1. The summed E-state index contributed by atoms with van der Waals surface area (Å²) in [6, 6.07) is 15.2. The van der Waals surface area contributed by atoms with Crippen molar-refractivity contribution in [1.29, 1.82) is 0 Å². The summed E-state index contributed by atoms with van der Waals surface area (Å²) in [5.74, 6) is 1.68. The average molecular weight is 453 g/mol. The minimum Gasteiger partial charge on any atom is -0.311 e. The molecule has 0 radical (unpaired) electrons. The Balaban J connectivity index is 1.41. The van der Waals surface area contributed by atoms with Crippen LogP contribution in [0.2, 0.25) is 5.02 Å². The number of rotatable bonds is 4. The van der Waals surface area contributed by atoms with Gasteiger partial charge in [0.2, 0.25) is 11.8 Å². The number of thioether (sulfide) groups is 1. The number of carbonyl (C=O) groups excluding carboxylic acids is 2. The van der Waals surface area contributed by atoms with Gasteiger partial charge in [-0.3, -0.25) is 9.59 Å². The molecule has 1 aromatic heterocycles. The number of hydrogen-bond donors (Lipinski definition) is 1. The fourth-order valence-corrected chi connectivity index (χ4v) is 5.36. The average Bonchev–Trinajstić information content (AvgIpc) is 3.44. The lowest BCUT2D eigenvalue weighted by Gasteiger charge is -2.19. The molecule has 158 valence electrons. The van der Waals surface area contributed by atoms with Gasteiger partial charge in [0.25, 0.3) is 0 Å².